The highest BCUT2D eigenvalue weighted by Gasteiger charge is 2.18. The van der Waals surface area contributed by atoms with Crippen LogP contribution in [0, 0.1) is 12.3 Å². The molecular weight excluding hydrogens is 256 g/mol. The van der Waals surface area contributed by atoms with Crippen molar-refractivity contribution >= 4 is 5.84 Å². The second-order valence-corrected chi connectivity index (χ2v) is 4.31. The van der Waals surface area contributed by atoms with E-state index in [1.807, 2.05) is 25.1 Å². The standard InChI is InChI=1S/C14H18N4O2/c1-4-19-10-6-5-7-11(8-10)20-14-12(13(15)16)9(2)17-18(14)3/h5-8H,4H2,1-3H3,(H3,15,16). The number of benzene rings is 1. The van der Waals surface area contributed by atoms with Gasteiger partial charge >= 0.3 is 0 Å². The van der Waals surface area contributed by atoms with E-state index in [1.54, 1.807) is 24.7 Å². The summed E-state index contributed by atoms with van der Waals surface area (Å²) in [5, 5.41) is 11.9. The maximum atomic E-state index is 7.62. The van der Waals surface area contributed by atoms with E-state index in [9.17, 15) is 0 Å². The Kier molecular flexibility index (Phi) is 3.93. The highest BCUT2D eigenvalue weighted by molar-refractivity contribution is 5.98. The predicted molar refractivity (Wildman–Crippen MR) is 76.6 cm³/mol. The van der Waals surface area contributed by atoms with Crippen molar-refractivity contribution in [1.82, 2.24) is 9.78 Å². The number of nitrogen functional groups attached to an aromatic ring is 1. The van der Waals surface area contributed by atoms with Gasteiger partial charge in [-0.1, -0.05) is 6.07 Å². The molecule has 0 radical (unpaired) electrons. The molecule has 0 unspecified atom stereocenters. The Morgan fingerprint density at radius 3 is 2.75 bits per heavy atom. The van der Waals surface area contributed by atoms with Crippen LogP contribution in [0.1, 0.15) is 18.2 Å². The Labute approximate surface area is 117 Å². The predicted octanol–water partition coefficient (Wildman–Crippen LogP) is 2.20. The second kappa shape index (κ2) is 5.64. The van der Waals surface area contributed by atoms with E-state index in [2.05, 4.69) is 5.10 Å². The fourth-order valence-electron chi connectivity index (χ4n) is 1.97. The van der Waals surface area contributed by atoms with Gasteiger partial charge in [-0.15, -0.1) is 0 Å². The monoisotopic (exact) mass is 274 g/mol. The second-order valence-electron chi connectivity index (χ2n) is 4.31. The highest BCUT2D eigenvalue weighted by atomic mass is 16.5. The molecule has 6 heteroatoms. The van der Waals surface area contributed by atoms with Crippen LogP contribution in [-0.2, 0) is 7.05 Å². The molecule has 0 saturated carbocycles. The zero-order valence-corrected chi connectivity index (χ0v) is 11.8. The lowest BCUT2D eigenvalue weighted by Gasteiger charge is -2.09. The number of aromatic nitrogens is 2. The summed E-state index contributed by atoms with van der Waals surface area (Å²) < 4.78 is 12.8. The van der Waals surface area contributed by atoms with Crippen molar-refractivity contribution in [2.75, 3.05) is 6.61 Å². The molecule has 0 spiro atoms. The number of rotatable bonds is 5. The van der Waals surface area contributed by atoms with Crippen LogP contribution in [0.25, 0.3) is 0 Å². The van der Waals surface area contributed by atoms with Gasteiger partial charge in [0.25, 0.3) is 0 Å². The minimum Gasteiger partial charge on any atom is -0.494 e. The Hall–Kier alpha value is -2.50. The van der Waals surface area contributed by atoms with Crippen LogP contribution in [0.5, 0.6) is 17.4 Å². The van der Waals surface area contributed by atoms with Gasteiger partial charge in [0.05, 0.1) is 12.3 Å². The smallest absolute Gasteiger partial charge is 0.228 e. The lowest BCUT2D eigenvalue weighted by Crippen LogP contribution is -2.13. The van der Waals surface area contributed by atoms with E-state index < -0.39 is 0 Å². The first-order chi connectivity index (χ1) is 9.52. The highest BCUT2D eigenvalue weighted by Crippen LogP contribution is 2.28. The van der Waals surface area contributed by atoms with Gasteiger partial charge in [-0.2, -0.15) is 5.10 Å². The van der Waals surface area contributed by atoms with Crippen LogP contribution >= 0.6 is 0 Å². The van der Waals surface area contributed by atoms with Crippen LogP contribution < -0.4 is 15.2 Å². The molecule has 1 heterocycles. The van der Waals surface area contributed by atoms with Gasteiger partial charge in [0, 0.05) is 13.1 Å². The number of amidine groups is 1. The molecule has 106 valence electrons. The third-order valence-electron chi connectivity index (χ3n) is 2.77. The SMILES string of the molecule is CCOc1cccc(Oc2c(C(=N)N)c(C)nn2C)c1. The zero-order chi connectivity index (χ0) is 14.7. The van der Waals surface area contributed by atoms with Crippen molar-refractivity contribution in [3.8, 4) is 17.4 Å². The van der Waals surface area contributed by atoms with Crippen molar-refractivity contribution in [2.24, 2.45) is 12.8 Å². The molecule has 6 nitrogen and oxygen atoms in total. The number of hydrogen-bond acceptors (Lipinski definition) is 4. The fourth-order valence-corrected chi connectivity index (χ4v) is 1.97. The van der Waals surface area contributed by atoms with Gasteiger partial charge in [-0.05, 0) is 26.0 Å². The lowest BCUT2D eigenvalue weighted by atomic mass is 10.2. The Morgan fingerprint density at radius 1 is 1.40 bits per heavy atom. The van der Waals surface area contributed by atoms with Crippen molar-refractivity contribution in [3.63, 3.8) is 0 Å². The molecule has 0 aliphatic heterocycles. The molecule has 1 aromatic heterocycles. The van der Waals surface area contributed by atoms with E-state index in [0.717, 1.165) is 5.75 Å². The number of nitrogens with two attached hydrogens (primary N) is 1. The van der Waals surface area contributed by atoms with Crippen molar-refractivity contribution < 1.29 is 9.47 Å². The molecule has 20 heavy (non-hydrogen) atoms. The number of hydrogen-bond donors (Lipinski definition) is 2. The molecule has 1 aromatic carbocycles. The molecule has 0 amide bonds. The maximum Gasteiger partial charge on any atom is 0.228 e. The first-order valence-corrected chi connectivity index (χ1v) is 6.31. The van der Waals surface area contributed by atoms with Crippen LogP contribution in [0.2, 0.25) is 0 Å². The average molecular weight is 274 g/mol. The molecule has 0 atom stereocenters. The topological polar surface area (TPSA) is 86.2 Å². The normalized spacial score (nSPS) is 10.3. The number of nitrogens with one attached hydrogen (secondary N) is 1. The molecular formula is C14H18N4O2. The molecule has 0 fully saturated rings. The van der Waals surface area contributed by atoms with E-state index >= 15 is 0 Å². The summed E-state index contributed by atoms with van der Waals surface area (Å²) in [7, 11) is 1.75. The fraction of sp³-hybridized carbons (Fsp3) is 0.286. The molecule has 2 aromatic rings. The van der Waals surface area contributed by atoms with Crippen LogP contribution in [0.15, 0.2) is 24.3 Å². The van der Waals surface area contributed by atoms with E-state index in [4.69, 9.17) is 20.6 Å². The quantitative estimate of drug-likeness (QED) is 0.646. The van der Waals surface area contributed by atoms with Gasteiger partial charge in [-0.3, -0.25) is 5.41 Å². The number of aryl methyl sites for hydroxylation is 2. The molecule has 2 rings (SSSR count). The third-order valence-corrected chi connectivity index (χ3v) is 2.77. The molecule has 0 aliphatic rings. The van der Waals surface area contributed by atoms with Gasteiger partial charge in [0.15, 0.2) is 0 Å². The Balaban J connectivity index is 2.35. The van der Waals surface area contributed by atoms with Gasteiger partial charge in [-0.25, -0.2) is 4.68 Å². The summed E-state index contributed by atoms with van der Waals surface area (Å²) in [6.07, 6.45) is 0. The van der Waals surface area contributed by atoms with E-state index in [1.165, 1.54) is 0 Å². The number of ether oxygens (including phenoxy) is 2. The molecule has 0 saturated heterocycles. The summed E-state index contributed by atoms with van der Waals surface area (Å²) in [5.41, 5.74) is 6.76. The first-order valence-electron chi connectivity index (χ1n) is 6.31. The molecule has 3 N–H and O–H groups in total. The van der Waals surface area contributed by atoms with E-state index in [0.29, 0.717) is 29.5 Å². The first kappa shape index (κ1) is 13.9. The van der Waals surface area contributed by atoms with Crippen molar-refractivity contribution in [3.05, 3.63) is 35.5 Å². The Morgan fingerprint density at radius 2 is 2.10 bits per heavy atom. The largest absolute Gasteiger partial charge is 0.494 e. The average Bonchev–Trinajstić information content (AvgIpc) is 2.65. The maximum absolute atomic E-state index is 7.62. The summed E-state index contributed by atoms with van der Waals surface area (Å²) in [5.74, 6) is 1.73. The minimum atomic E-state index is -0.0634. The van der Waals surface area contributed by atoms with E-state index in [-0.39, 0.29) is 5.84 Å². The van der Waals surface area contributed by atoms with Crippen LogP contribution in [0.4, 0.5) is 0 Å². The molecule has 0 bridgehead atoms. The van der Waals surface area contributed by atoms with Gasteiger partial charge < -0.3 is 15.2 Å². The molecule has 0 aliphatic carbocycles. The van der Waals surface area contributed by atoms with Gasteiger partial charge in [0.1, 0.15) is 22.9 Å². The van der Waals surface area contributed by atoms with Gasteiger partial charge in [0.2, 0.25) is 5.88 Å². The van der Waals surface area contributed by atoms with Crippen LogP contribution in [0.3, 0.4) is 0 Å². The third kappa shape index (κ3) is 2.74. The summed E-state index contributed by atoms with van der Waals surface area (Å²) in [6, 6.07) is 7.30. The minimum absolute atomic E-state index is 0.0634. The lowest BCUT2D eigenvalue weighted by molar-refractivity contribution is 0.337. The zero-order valence-electron chi connectivity index (χ0n) is 11.8. The summed E-state index contributed by atoms with van der Waals surface area (Å²) in [4.78, 5) is 0. The number of nitrogens with zero attached hydrogens (tertiary/aromatic N) is 2. The Bertz CT molecular complexity index is 634. The summed E-state index contributed by atoms with van der Waals surface area (Å²) in [6.45, 7) is 4.30. The van der Waals surface area contributed by atoms with Crippen molar-refractivity contribution in [2.45, 2.75) is 13.8 Å². The summed E-state index contributed by atoms with van der Waals surface area (Å²) >= 11 is 0. The van der Waals surface area contributed by atoms with Crippen molar-refractivity contribution in [1.29, 1.82) is 5.41 Å². The van der Waals surface area contributed by atoms with Crippen LogP contribution in [-0.4, -0.2) is 22.2 Å².